The molecule has 0 aromatic heterocycles. The van der Waals surface area contributed by atoms with Crippen molar-refractivity contribution in [3.8, 4) is 34.5 Å². The SMILES string of the molecule is CCCCCCCCCCc1ccc(O)c(Oc2ccc(S(=O)(=O)O)cc2)c1.CCCCCCCCCCc1ccc([O-])c(Oc2ccc(S(=O)(=O)[O-])cc2)c1.[Ca+2]. The van der Waals surface area contributed by atoms with Gasteiger partial charge in [0.2, 0.25) is 0 Å². The predicted octanol–water partition coefficient (Wildman–Crippen LogP) is 10.9. The molecule has 0 unspecified atom stereocenters. The molecule has 2 N–H and O–H groups in total. The van der Waals surface area contributed by atoms with Gasteiger partial charge in [-0.15, -0.1) is 0 Å². The van der Waals surface area contributed by atoms with Crippen LogP contribution in [0, 0.1) is 0 Å². The molecule has 10 nitrogen and oxygen atoms in total. The molecule has 4 aromatic rings. The topological polar surface area (TPSA) is 173 Å². The van der Waals surface area contributed by atoms with Crippen molar-refractivity contribution in [3.63, 3.8) is 0 Å². The van der Waals surface area contributed by atoms with Crippen LogP contribution in [0.2, 0.25) is 0 Å². The largest absolute Gasteiger partial charge is 2.00 e. The first-order valence-corrected chi connectivity index (χ1v) is 22.8. The zero-order valence-electron chi connectivity index (χ0n) is 33.5. The zero-order valence-corrected chi connectivity index (χ0v) is 37.3. The molecule has 13 heteroatoms. The third kappa shape index (κ3) is 20.1. The van der Waals surface area contributed by atoms with Gasteiger partial charge >= 0.3 is 37.7 Å². The molecule has 0 saturated carbocycles. The maximum Gasteiger partial charge on any atom is 2.00 e. The van der Waals surface area contributed by atoms with Gasteiger partial charge in [0.05, 0.1) is 9.79 Å². The number of unbranched alkanes of at least 4 members (excludes halogenated alkanes) is 14. The fraction of sp³-hybridized carbons (Fsp3) is 0.455. The van der Waals surface area contributed by atoms with Crippen molar-refractivity contribution in [2.24, 2.45) is 0 Å². The molecule has 57 heavy (non-hydrogen) atoms. The molecule has 0 radical (unpaired) electrons. The maximum atomic E-state index is 12.0. The van der Waals surface area contributed by atoms with E-state index in [0.29, 0.717) is 17.2 Å². The molecule has 4 aromatic carbocycles. The minimum atomic E-state index is -4.50. The standard InChI is InChI=1S/2C22H30O5S.Ca/c2*1-2-3-4-5-6-7-8-9-10-18-11-16-21(23)22(17-18)27-19-12-14-20(15-13-19)28(24,25)26;/h2*11-17,23H,2-10H2,1H3,(H,24,25,26);/q;;+2/p-2. The molecule has 0 aliphatic heterocycles. The van der Waals surface area contributed by atoms with E-state index in [2.05, 4.69) is 13.8 Å². The van der Waals surface area contributed by atoms with Crippen LogP contribution < -0.4 is 14.6 Å². The van der Waals surface area contributed by atoms with Crippen molar-refractivity contribution < 1.29 is 45.6 Å². The van der Waals surface area contributed by atoms with Gasteiger partial charge < -0.3 is 24.2 Å². The second kappa shape index (κ2) is 27.0. The summed E-state index contributed by atoms with van der Waals surface area (Å²) in [5.41, 5.74) is 2.13. The summed E-state index contributed by atoms with van der Waals surface area (Å²) in [6, 6.07) is 20.8. The van der Waals surface area contributed by atoms with Crippen LogP contribution in [0.1, 0.15) is 128 Å². The number of aryl methyl sites for hydroxylation is 2. The van der Waals surface area contributed by atoms with Crippen LogP contribution in [0.5, 0.6) is 34.5 Å². The molecule has 0 fully saturated rings. The first-order chi connectivity index (χ1) is 26.8. The van der Waals surface area contributed by atoms with Crippen LogP contribution >= 0.6 is 0 Å². The van der Waals surface area contributed by atoms with Crippen LogP contribution in [0.4, 0.5) is 0 Å². The minimum absolute atomic E-state index is 0. The maximum absolute atomic E-state index is 12.0. The van der Waals surface area contributed by atoms with Crippen LogP contribution in [-0.4, -0.2) is 68.8 Å². The molecule has 0 atom stereocenters. The van der Waals surface area contributed by atoms with E-state index in [0.717, 1.165) is 36.8 Å². The van der Waals surface area contributed by atoms with Gasteiger partial charge in [-0.25, -0.2) is 8.42 Å². The Hall–Kier alpha value is -2.84. The van der Waals surface area contributed by atoms with Crippen LogP contribution in [0.3, 0.4) is 0 Å². The van der Waals surface area contributed by atoms with E-state index in [1.165, 1.54) is 144 Å². The number of hydrogen-bond acceptors (Lipinski definition) is 9. The predicted molar refractivity (Wildman–Crippen MR) is 223 cm³/mol. The van der Waals surface area contributed by atoms with E-state index in [9.17, 15) is 31.6 Å². The van der Waals surface area contributed by atoms with Crippen LogP contribution in [0.15, 0.2) is 94.7 Å². The van der Waals surface area contributed by atoms with Crippen molar-refractivity contribution in [2.75, 3.05) is 0 Å². The summed E-state index contributed by atoms with van der Waals surface area (Å²) in [6.45, 7) is 4.45. The van der Waals surface area contributed by atoms with Crippen molar-refractivity contribution in [1.82, 2.24) is 0 Å². The Bertz CT molecular complexity index is 1810. The summed E-state index contributed by atoms with van der Waals surface area (Å²) in [7, 11) is -8.73. The average Bonchev–Trinajstić information content (AvgIpc) is 3.16. The first-order valence-electron chi connectivity index (χ1n) is 19.9. The van der Waals surface area contributed by atoms with Gasteiger partial charge in [0, 0.05) is 0 Å². The van der Waals surface area contributed by atoms with Crippen molar-refractivity contribution in [3.05, 3.63) is 96.1 Å². The van der Waals surface area contributed by atoms with E-state index < -0.39 is 20.2 Å². The van der Waals surface area contributed by atoms with Gasteiger partial charge in [0.15, 0.2) is 11.5 Å². The van der Waals surface area contributed by atoms with Gasteiger partial charge in [-0.05, 0) is 104 Å². The van der Waals surface area contributed by atoms with E-state index in [-0.39, 0.29) is 64.8 Å². The molecule has 4 rings (SSSR count). The average molecular weight is 851 g/mol. The Morgan fingerprint density at radius 2 is 0.912 bits per heavy atom. The second-order valence-electron chi connectivity index (χ2n) is 14.1. The number of aromatic hydroxyl groups is 1. The normalized spacial score (nSPS) is 11.3. The van der Waals surface area contributed by atoms with Crippen molar-refractivity contribution >= 4 is 58.0 Å². The van der Waals surface area contributed by atoms with E-state index in [1.54, 1.807) is 12.1 Å². The number of benzene rings is 4. The molecule has 0 saturated heterocycles. The summed E-state index contributed by atoms with van der Waals surface area (Å²) in [6.07, 6.45) is 21.9. The summed E-state index contributed by atoms with van der Waals surface area (Å²) in [5.74, 6) is 1.02. The fourth-order valence-corrected chi connectivity index (χ4v) is 7.07. The number of phenols is 1. The molecule has 0 spiro atoms. The molecular weight excluding hydrogens is 793 g/mol. The second-order valence-corrected chi connectivity index (χ2v) is 16.9. The third-order valence-corrected chi connectivity index (χ3v) is 11.1. The third-order valence-electron chi connectivity index (χ3n) is 9.36. The Morgan fingerprint density at radius 3 is 1.35 bits per heavy atom. The van der Waals surface area contributed by atoms with Gasteiger partial charge in [0.25, 0.3) is 10.1 Å². The van der Waals surface area contributed by atoms with E-state index in [4.69, 9.17) is 14.0 Å². The Labute approximate surface area is 370 Å². The van der Waals surface area contributed by atoms with E-state index in [1.807, 2.05) is 18.2 Å². The monoisotopic (exact) mass is 850 g/mol. The Morgan fingerprint density at radius 1 is 0.526 bits per heavy atom. The van der Waals surface area contributed by atoms with Crippen LogP contribution in [0.25, 0.3) is 0 Å². The molecule has 0 heterocycles. The number of hydrogen-bond donors (Lipinski definition) is 2. The Balaban J connectivity index is 0.000000387. The smallest absolute Gasteiger partial charge is 0.870 e. The Kier molecular flexibility index (Phi) is 23.8. The van der Waals surface area contributed by atoms with Crippen LogP contribution in [-0.2, 0) is 33.1 Å². The summed E-state index contributed by atoms with van der Waals surface area (Å²) in [5, 5.41) is 22.1. The fourth-order valence-electron chi connectivity index (χ4n) is 6.12. The van der Waals surface area contributed by atoms with Crippen molar-refractivity contribution in [2.45, 2.75) is 139 Å². The molecule has 0 bridgehead atoms. The summed E-state index contributed by atoms with van der Waals surface area (Å²) < 4.78 is 75.4. The molecule has 308 valence electrons. The number of ether oxygens (including phenoxy) is 2. The molecule has 0 amide bonds. The number of rotatable bonds is 24. The van der Waals surface area contributed by atoms with E-state index >= 15 is 0 Å². The summed E-state index contributed by atoms with van der Waals surface area (Å²) >= 11 is 0. The summed E-state index contributed by atoms with van der Waals surface area (Å²) in [4.78, 5) is -0.529. The molecular formula is C44H58CaO10S2. The first kappa shape index (κ1) is 50.3. The number of phenolic OH excluding ortho intramolecular Hbond substituents is 1. The zero-order chi connectivity index (χ0) is 40.8. The van der Waals surface area contributed by atoms with Gasteiger partial charge in [-0.2, -0.15) is 8.42 Å². The molecule has 0 aliphatic rings. The van der Waals surface area contributed by atoms with Gasteiger partial charge in [-0.3, -0.25) is 4.55 Å². The van der Waals surface area contributed by atoms with Gasteiger partial charge in [0.1, 0.15) is 27.4 Å². The molecule has 0 aliphatic carbocycles. The van der Waals surface area contributed by atoms with Gasteiger partial charge in [-0.1, -0.05) is 128 Å². The van der Waals surface area contributed by atoms with Crippen molar-refractivity contribution in [1.29, 1.82) is 0 Å². The minimum Gasteiger partial charge on any atom is -0.870 e. The quantitative estimate of drug-likeness (QED) is 0.0392.